The number of hydrogen-bond acceptors (Lipinski definition) is 12. The highest BCUT2D eigenvalue weighted by Gasteiger charge is 2.40. The molecule has 3 N–H and O–H groups in total. The molecule has 73 heavy (non-hydrogen) atoms. The van der Waals surface area contributed by atoms with Gasteiger partial charge in [-0.25, -0.2) is 15.0 Å². The number of nitrogens with one attached hydrogen (secondary N) is 2. The molecule has 5 aromatic rings. The van der Waals surface area contributed by atoms with Gasteiger partial charge < -0.3 is 39.7 Å². The van der Waals surface area contributed by atoms with Crippen molar-refractivity contribution in [2.45, 2.75) is 129 Å². The monoisotopic (exact) mass is 988 g/mol. The minimum Gasteiger partial charge on any atom is -0.478 e. The Balaban J connectivity index is 0.784. The van der Waals surface area contributed by atoms with Gasteiger partial charge in [0.15, 0.2) is 5.82 Å². The molecule has 0 bridgehead atoms. The molecule has 3 aromatic heterocycles. The maximum atomic E-state index is 14.1. The normalized spacial score (nSPS) is 22.0. The van der Waals surface area contributed by atoms with E-state index in [1.54, 1.807) is 23.4 Å². The number of amides is 3. The summed E-state index contributed by atoms with van der Waals surface area (Å²) in [5, 5.41) is 17.4. The molecule has 0 radical (unpaired) electrons. The van der Waals surface area contributed by atoms with Crippen LogP contribution in [0.3, 0.4) is 0 Å². The number of ether oxygens (including phenoxy) is 1. The maximum Gasteiger partial charge on any atom is 0.276 e. The molecule has 4 aliphatic heterocycles. The number of piperazine rings is 1. The number of anilines is 6. The van der Waals surface area contributed by atoms with Gasteiger partial charge in [-0.15, -0.1) is 0 Å². The predicted molar refractivity (Wildman–Crippen MR) is 285 cm³/mol. The number of carbonyl (C=O) groups is 3. The predicted octanol–water partition coefficient (Wildman–Crippen LogP) is 8.35. The van der Waals surface area contributed by atoms with E-state index in [0.29, 0.717) is 76.7 Å². The zero-order chi connectivity index (χ0) is 50.7. The van der Waals surface area contributed by atoms with Gasteiger partial charge in [0.25, 0.3) is 17.7 Å². The van der Waals surface area contributed by atoms with Crippen LogP contribution in [0.5, 0.6) is 5.88 Å². The highest BCUT2D eigenvalue weighted by Crippen LogP contribution is 2.42. The summed E-state index contributed by atoms with van der Waals surface area (Å²) >= 11 is 0. The molecular weight excluding hydrogens is 919 g/mol. The Morgan fingerprint density at radius 1 is 0.877 bits per heavy atom. The zero-order valence-electron chi connectivity index (χ0n) is 43.0. The van der Waals surface area contributed by atoms with Crippen molar-refractivity contribution in [3.63, 3.8) is 0 Å². The van der Waals surface area contributed by atoms with Crippen molar-refractivity contribution in [2.24, 2.45) is 5.41 Å². The molecule has 2 aromatic carbocycles. The molecule has 3 fully saturated rings. The van der Waals surface area contributed by atoms with Crippen LogP contribution in [-0.2, 0) is 37.3 Å². The second-order valence-corrected chi connectivity index (χ2v) is 21.9. The summed E-state index contributed by atoms with van der Waals surface area (Å²) in [6.45, 7) is 17.8. The smallest absolute Gasteiger partial charge is 0.276 e. The summed E-state index contributed by atoms with van der Waals surface area (Å²) in [7, 11) is 1.53. The number of fused-ring (bicyclic) bond motifs is 4. The summed E-state index contributed by atoms with van der Waals surface area (Å²) in [4.78, 5) is 66.4. The van der Waals surface area contributed by atoms with E-state index in [1.165, 1.54) is 55.0 Å². The summed E-state index contributed by atoms with van der Waals surface area (Å²) in [6, 6.07) is 17.3. The number of methoxy groups -OCH3 is 1. The number of hydrogen-bond donors (Lipinski definition) is 3. The Morgan fingerprint density at radius 2 is 1.70 bits per heavy atom. The average molecular weight is 988 g/mol. The molecule has 1 unspecified atom stereocenters. The van der Waals surface area contributed by atoms with Gasteiger partial charge >= 0.3 is 0 Å². The summed E-state index contributed by atoms with van der Waals surface area (Å²) in [5.41, 5.74) is 10.3. The largest absolute Gasteiger partial charge is 0.478 e. The van der Waals surface area contributed by atoms with Crippen molar-refractivity contribution in [1.29, 1.82) is 0 Å². The minimum absolute atomic E-state index is 0.140. The van der Waals surface area contributed by atoms with Crippen molar-refractivity contribution < 1.29 is 24.2 Å². The Hall–Kier alpha value is -6.78. The van der Waals surface area contributed by atoms with Gasteiger partial charge in [0, 0.05) is 116 Å². The first kappa shape index (κ1) is 48.5. The SMILES string of the molecule is C=CC(=O)Nc1cc(Nc2nc(-c3ccnc(N4CCn5c(cc6c5CC(C)(C)C6)C4=O)c3CO)cnc2OC)ccc1N1CCN(C2CCN(c3cccc4c3CN(C3CCCCC3)C4=O)[C@@H](C)C2)C[C@@H]1C. The van der Waals surface area contributed by atoms with E-state index in [0.717, 1.165) is 82.5 Å². The van der Waals surface area contributed by atoms with Crippen LogP contribution in [0.2, 0.25) is 0 Å². The lowest BCUT2D eigenvalue weighted by atomic mass is 9.90. The molecule has 3 atom stereocenters. The van der Waals surface area contributed by atoms with E-state index in [4.69, 9.17) is 9.72 Å². The fraction of sp³-hybridized carbons (Fsp3) is 0.474. The number of nitrogens with zero attached hydrogens (tertiary/aromatic N) is 9. The van der Waals surface area contributed by atoms with E-state index in [2.05, 4.69) is 91.2 Å². The standard InChI is InChI=1S/C57H69N11O5/c1-7-51(70)61-45-28-38(60-52-54(73-6)59-31-46(62-52)41-18-20-58-53(44(41)34-69)67-25-24-66-49(56(67)72)27-37-29-57(4,5)30-50(37)66)16-17-48(45)65-23-22-63(32-36(65)3)40-19-21-64(35(2)26-40)47-15-11-14-42-43(47)33-68(55(42)71)39-12-9-8-10-13-39/h7,11,14-18,20,27-28,31,35-36,39-40,69H,1,8-10,12-13,19,21-26,29-30,32-34H2,2-6H3,(H,60,62)(H,61,70)/t35-,36-,40?/m0/s1. The third-order valence-corrected chi connectivity index (χ3v) is 16.6. The summed E-state index contributed by atoms with van der Waals surface area (Å²) in [5.74, 6) is 0.721. The van der Waals surface area contributed by atoms with Gasteiger partial charge in [0.2, 0.25) is 5.91 Å². The van der Waals surface area contributed by atoms with E-state index in [9.17, 15) is 19.5 Å². The molecule has 6 aliphatic rings. The fourth-order valence-electron chi connectivity index (χ4n) is 13.1. The Labute approximate surface area is 428 Å². The molecule has 16 heteroatoms. The molecule has 2 aliphatic carbocycles. The van der Waals surface area contributed by atoms with Crippen LogP contribution in [0, 0.1) is 5.41 Å². The Bertz CT molecular complexity index is 2980. The van der Waals surface area contributed by atoms with E-state index in [1.807, 2.05) is 30.3 Å². The van der Waals surface area contributed by atoms with Crippen molar-refractivity contribution in [3.8, 4) is 17.1 Å². The molecule has 382 valence electrons. The lowest BCUT2D eigenvalue weighted by molar-refractivity contribution is -0.111. The number of benzene rings is 2. The molecule has 1 saturated carbocycles. The van der Waals surface area contributed by atoms with Crippen LogP contribution in [0.15, 0.2) is 73.6 Å². The second-order valence-electron chi connectivity index (χ2n) is 21.9. The zero-order valence-corrected chi connectivity index (χ0v) is 43.0. The van der Waals surface area contributed by atoms with E-state index < -0.39 is 0 Å². The molecular formula is C57H69N11O5. The van der Waals surface area contributed by atoms with Crippen LogP contribution < -0.4 is 30.1 Å². The van der Waals surface area contributed by atoms with Gasteiger partial charge in [-0.3, -0.25) is 24.2 Å². The number of aliphatic hydroxyl groups excluding tert-OH is 1. The van der Waals surface area contributed by atoms with Crippen molar-refractivity contribution >= 4 is 52.1 Å². The molecule has 3 amide bonds. The summed E-state index contributed by atoms with van der Waals surface area (Å²) < 4.78 is 7.85. The van der Waals surface area contributed by atoms with Gasteiger partial charge in [0.1, 0.15) is 11.5 Å². The number of aromatic nitrogens is 4. The van der Waals surface area contributed by atoms with Gasteiger partial charge in [0.05, 0.1) is 37.0 Å². The van der Waals surface area contributed by atoms with Gasteiger partial charge in [-0.2, -0.15) is 0 Å². The number of carbonyl (C=O) groups excluding carboxylic acids is 3. The third-order valence-electron chi connectivity index (χ3n) is 16.6. The van der Waals surface area contributed by atoms with Crippen molar-refractivity contribution in [3.05, 3.63) is 107 Å². The van der Waals surface area contributed by atoms with E-state index >= 15 is 0 Å². The molecule has 16 nitrogen and oxygen atoms in total. The lowest BCUT2D eigenvalue weighted by Gasteiger charge is -2.48. The lowest BCUT2D eigenvalue weighted by Crippen LogP contribution is -2.58. The van der Waals surface area contributed by atoms with Crippen LogP contribution in [0.4, 0.5) is 34.4 Å². The Morgan fingerprint density at radius 3 is 2.47 bits per heavy atom. The number of piperidine rings is 1. The van der Waals surface area contributed by atoms with Gasteiger partial charge in [-0.05, 0) is 112 Å². The third kappa shape index (κ3) is 9.00. The second kappa shape index (κ2) is 19.6. The highest BCUT2D eigenvalue weighted by atomic mass is 16.5. The fourth-order valence-corrected chi connectivity index (χ4v) is 13.1. The molecule has 2 saturated heterocycles. The first-order chi connectivity index (χ1) is 35.3. The van der Waals surface area contributed by atoms with Crippen molar-refractivity contribution in [2.75, 3.05) is 65.2 Å². The van der Waals surface area contributed by atoms with Crippen LogP contribution >= 0.6 is 0 Å². The van der Waals surface area contributed by atoms with E-state index in [-0.39, 0.29) is 41.7 Å². The van der Waals surface area contributed by atoms with Gasteiger partial charge in [-0.1, -0.05) is 45.8 Å². The first-order valence-electron chi connectivity index (χ1n) is 26.4. The Kier molecular flexibility index (Phi) is 13.0. The quantitative estimate of drug-likeness (QED) is 0.103. The number of aliphatic hydroxyl groups is 1. The van der Waals surface area contributed by atoms with Crippen LogP contribution in [0.25, 0.3) is 11.3 Å². The molecule has 7 heterocycles. The summed E-state index contributed by atoms with van der Waals surface area (Å²) in [6.07, 6.45) is 14.4. The number of rotatable bonds is 12. The average Bonchev–Trinajstić information content (AvgIpc) is 4.03. The minimum atomic E-state index is -0.373. The van der Waals surface area contributed by atoms with Crippen LogP contribution in [0.1, 0.15) is 116 Å². The van der Waals surface area contributed by atoms with Crippen molar-refractivity contribution in [1.82, 2.24) is 29.3 Å². The number of pyridine rings is 1. The topological polar surface area (TPSA) is 165 Å². The first-order valence-corrected chi connectivity index (χ1v) is 26.4. The highest BCUT2D eigenvalue weighted by molar-refractivity contribution is 6.06. The van der Waals surface area contributed by atoms with Crippen LogP contribution in [-0.4, -0.2) is 116 Å². The molecule has 0 spiro atoms. The maximum absolute atomic E-state index is 14.1. The molecule has 11 rings (SSSR count).